The minimum Gasteiger partial charge on any atom is -0.370 e. The first kappa shape index (κ1) is 16.3. The Labute approximate surface area is 137 Å². The summed E-state index contributed by atoms with van der Waals surface area (Å²) in [5.41, 5.74) is 8.79. The monoisotopic (exact) mass is 334 g/mol. The van der Waals surface area contributed by atoms with E-state index in [2.05, 4.69) is 21.4 Å². The maximum absolute atomic E-state index is 12.6. The van der Waals surface area contributed by atoms with Crippen molar-refractivity contribution in [1.82, 2.24) is 4.98 Å². The van der Waals surface area contributed by atoms with E-state index in [0.29, 0.717) is 5.56 Å². The molecule has 1 aromatic carbocycles. The van der Waals surface area contributed by atoms with Crippen LogP contribution in [0.15, 0.2) is 41.5 Å². The number of aliphatic imine (C=N–C) groups is 1. The minimum atomic E-state index is -4.46. The summed E-state index contributed by atoms with van der Waals surface area (Å²) in [6.07, 6.45) is -0.0282. The summed E-state index contributed by atoms with van der Waals surface area (Å²) in [6.45, 7) is 0.0510. The predicted molar refractivity (Wildman–Crippen MR) is 86.7 cm³/mol. The van der Waals surface area contributed by atoms with E-state index in [0.717, 1.165) is 37.2 Å². The minimum absolute atomic E-state index is 0.0510. The standard InChI is InChI=1S/C17H17F3N4/c18-17(19,20)15-8-11(6-7-22-15)10-23-16(21)24-14-5-4-12-2-1-3-13(12)9-14/h4-9H,1-3,10H2,(H3,21,23,24). The van der Waals surface area contributed by atoms with Crippen molar-refractivity contribution >= 4 is 11.6 Å². The molecule has 0 bridgehead atoms. The van der Waals surface area contributed by atoms with Crippen molar-refractivity contribution in [3.05, 3.63) is 58.9 Å². The predicted octanol–water partition coefficient (Wildman–Crippen LogP) is 3.52. The lowest BCUT2D eigenvalue weighted by Gasteiger charge is -2.09. The van der Waals surface area contributed by atoms with E-state index in [4.69, 9.17) is 5.73 Å². The third-order valence-corrected chi connectivity index (χ3v) is 3.92. The second-order valence-corrected chi connectivity index (χ2v) is 5.71. The summed E-state index contributed by atoms with van der Waals surface area (Å²) in [7, 11) is 0. The van der Waals surface area contributed by atoms with Gasteiger partial charge in [0.25, 0.3) is 0 Å². The van der Waals surface area contributed by atoms with E-state index in [1.807, 2.05) is 12.1 Å². The number of benzene rings is 1. The number of hydrogen-bond acceptors (Lipinski definition) is 2. The number of nitrogens with one attached hydrogen (secondary N) is 1. The molecular weight excluding hydrogens is 317 g/mol. The van der Waals surface area contributed by atoms with Crippen molar-refractivity contribution in [2.45, 2.75) is 32.0 Å². The Balaban J connectivity index is 1.66. The van der Waals surface area contributed by atoms with Gasteiger partial charge in [-0.25, -0.2) is 4.99 Å². The van der Waals surface area contributed by atoms with Crippen LogP contribution in [-0.2, 0) is 25.6 Å². The molecule has 0 radical (unpaired) electrons. The zero-order valence-electron chi connectivity index (χ0n) is 12.9. The summed E-state index contributed by atoms with van der Waals surface area (Å²) >= 11 is 0. The number of hydrogen-bond donors (Lipinski definition) is 2. The number of rotatable bonds is 3. The lowest BCUT2D eigenvalue weighted by Crippen LogP contribution is -2.22. The number of nitrogens with zero attached hydrogens (tertiary/aromatic N) is 2. The van der Waals surface area contributed by atoms with Crippen molar-refractivity contribution in [3.8, 4) is 0 Å². The fraction of sp³-hybridized carbons (Fsp3) is 0.294. The maximum atomic E-state index is 12.6. The normalized spacial score (nSPS) is 14.5. The molecule has 1 aromatic heterocycles. The third-order valence-electron chi connectivity index (χ3n) is 3.92. The molecule has 0 amide bonds. The zero-order chi connectivity index (χ0) is 17.2. The van der Waals surface area contributed by atoms with E-state index in [1.54, 1.807) is 0 Å². The van der Waals surface area contributed by atoms with Crippen molar-refractivity contribution in [2.24, 2.45) is 10.7 Å². The van der Waals surface area contributed by atoms with Gasteiger partial charge in [0.05, 0.1) is 6.54 Å². The maximum Gasteiger partial charge on any atom is 0.433 e. The first-order chi connectivity index (χ1) is 11.4. The third kappa shape index (κ3) is 3.84. The Morgan fingerprint density at radius 1 is 1.17 bits per heavy atom. The van der Waals surface area contributed by atoms with Gasteiger partial charge >= 0.3 is 6.18 Å². The Bertz CT molecular complexity index is 769. The molecule has 3 N–H and O–H groups in total. The van der Waals surface area contributed by atoms with Crippen molar-refractivity contribution in [1.29, 1.82) is 0 Å². The van der Waals surface area contributed by atoms with Gasteiger partial charge in [-0.1, -0.05) is 6.07 Å². The average molecular weight is 334 g/mol. The number of aryl methyl sites for hydroxylation is 2. The molecule has 7 heteroatoms. The molecule has 0 unspecified atom stereocenters. The number of pyridine rings is 1. The van der Waals surface area contributed by atoms with Crippen LogP contribution in [0.25, 0.3) is 0 Å². The van der Waals surface area contributed by atoms with Crippen LogP contribution in [-0.4, -0.2) is 10.9 Å². The van der Waals surface area contributed by atoms with Crippen molar-refractivity contribution < 1.29 is 13.2 Å². The quantitative estimate of drug-likeness (QED) is 0.667. The summed E-state index contributed by atoms with van der Waals surface area (Å²) in [4.78, 5) is 7.41. The van der Waals surface area contributed by atoms with E-state index >= 15 is 0 Å². The molecule has 1 aliphatic rings. The lowest BCUT2D eigenvalue weighted by molar-refractivity contribution is -0.141. The van der Waals surface area contributed by atoms with Crippen LogP contribution in [0.1, 0.15) is 28.8 Å². The molecule has 0 spiro atoms. The van der Waals surface area contributed by atoms with Crippen LogP contribution in [0.4, 0.5) is 18.9 Å². The second-order valence-electron chi connectivity index (χ2n) is 5.71. The van der Waals surface area contributed by atoms with Crippen LogP contribution in [0.5, 0.6) is 0 Å². The van der Waals surface area contributed by atoms with Crippen LogP contribution in [0, 0.1) is 0 Å². The topological polar surface area (TPSA) is 63.3 Å². The highest BCUT2D eigenvalue weighted by Crippen LogP contribution is 2.28. The fourth-order valence-corrected chi connectivity index (χ4v) is 2.74. The van der Waals surface area contributed by atoms with Gasteiger partial charge in [-0.2, -0.15) is 13.2 Å². The Morgan fingerprint density at radius 2 is 1.96 bits per heavy atom. The number of alkyl halides is 3. The highest BCUT2D eigenvalue weighted by Gasteiger charge is 2.32. The van der Waals surface area contributed by atoms with Crippen LogP contribution >= 0.6 is 0 Å². The number of anilines is 1. The molecule has 0 fully saturated rings. The van der Waals surface area contributed by atoms with Gasteiger partial charge < -0.3 is 11.1 Å². The molecular formula is C17H17F3N4. The molecule has 4 nitrogen and oxygen atoms in total. The number of aromatic nitrogens is 1. The molecule has 1 heterocycles. The lowest BCUT2D eigenvalue weighted by atomic mass is 10.1. The molecule has 24 heavy (non-hydrogen) atoms. The number of halogens is 3. The summed E-state index contributed by atoms with van der Waals surface area (Å²) < 4.78 is 37.9. The van der Waals surface area contributed by atoms with Crippen LogP contribution < -0.4 is 11.1 Å². The SMILES string of the molecule is NC(=NCc1ccnc(C(F)(F)F)c1)Nc1ccc2c(c1)CCC2. The van der Waals surface area contributed by atoms with E-state index in [9.17, 15) is 13.2 Å². The molecule has 3 rings (SSSR count). The fourth-order valence-electron chi connectivity index (χ4n) is 2.74. The highest BCUT2D eigenvalue weighted by molar-refractivity contribution is 5.92. The van der Waals surface area contributed by atoms with E-state index in [-0.39, 0.29) is 12.5 Å². The highest BCUT2D eigenvalue weighted by atomic mass is 19.4. The molecule has 0 saturated heterocycles. The van der Waals surface area contributed by atoms with Crippen LogP contribution in [0.2, 0.25) is 0 Å². The summed E-state index contributed by atoms with van der Waals surface area (Å²) in [5.74, 6) is 0.165. The van der Waals surface area contributed by atoms with Crippen molar-refractivity contribution in [2.75, 3.05) is 5.32 Å². The van der Waals surface area contributed by atoms with E-state index in [1.165, 1.54) is 17.2 Å². The average Bonchev–Trinajstić information content (AvgIpc) is 3.00. The molecule has 0 atom stereocenters. The summed E-state index contributed by atoms with van der Waals surface area (Å²) in [5, 5.41) is 2.98. The number of fused-ring (bicyclic) bond motifs is 1. The van der Waals surface area contributed by atoms with Gasteiger partial charge in [-0.3, -0.25) is 4.98 Å². The van der Waals surface area contributed by atoms with Gasteiger partial charge in [-0.15, -0.1) is 0 Å². The molecule has 126 valence electrons. The molecule has 0 saturated carbocycles. The van der Waals surface area contributed by atoms with Gasteiger partial charge in [0, 0.05) is 11.9 Å². The van der Waals surface area contributed by atoms with E-state index < -0.39 is 11.9 Å². The zero-order valence-corrected chi connectivity index (χ0v) is 12.9. The van der Waals surface area contributed by atoms with Crippen LogP contribution in [0.3, 0.4) is 0 Å². The van der Waals surface area contributed by atoms with Gasteiger partial charge in [0.1, 0.15) is 5.69 Å². The first-order valence-corrected chi connectivity index (χ1v) is 7.63. The molecule has 2 aromatic rings. The summed E-state index contributed by atoms with van der Waals surface area (Å²) in [6, 6.07) is 8.50. The largest absolute Gasteiger partial charge is 0.433 e. The van der Waals surface area contributed by atoms with Gasteiger partial charge in [0.2, 0.25) is 0 Å². The van der Waals surface area contributed by atoms with Crippen molar-refractivity contribution in [3.63, 3.8) is 0 Å². The number of guanidine groups is 1. The Morgan fingerprint density at radius 3 is 2.75 bits per heavy atom. The smallest absolute Gasteiger partial charge is 0.370 e. The first-order valence-electron chi connectivity index (χ1n) is 7.63. The Hall–Kier alpha value is -2.57. The molecule has 0 aliphatic heterocycles. The number of nitrogens with two attached hydrogens (primary N) is 1. The second kappa shape index (κ2) is 6.51. The molecule has 1 aliphatic carbocycles. The van der Waals surface area contributed by atoms with Gasteiger partial charge in [0.15, 0.2) is 5.96 Å². The van der Waals surface area contributed by atoms with Gasteiger partial charge in [-0.05, 0) is 60.2 Å². The Kier molecular flexibility index (Phi) is 4.42.